The standard InChI is InChI=1S/C18H27N3O3S/c1-12(2)8-16-11-25(24)18(20(16)10-13(3)4)19-17-7-6-15(21(22)23)9-14(17)5/h6-7,9,12-13,16H,8,10-11H2,1-5H3/t16-,25?/m0/s1. The Kier molecular flexibility index (Phi) is 6.46. The van der Waals surface area contributed by atoms with Gasteiger partial charge < -0.3 is 9.45 Å². The first kappa shape index (κ1) is 19.7. The van der Waals surface area contributed by atoms with Crippen molar-refractivity contribution in [3.63, 3.8) is 0 Å². The van der Waals surface area contributed by atoms with Crippen LogP contribution in [0.4, 0.5) is 11.4 Å². The maximum atomic E-state index is 12.7. The maximum Gasteiger partial charge on any atom is 0.320 e. The molecule has 7 heteroatoms. The molecule has 2 atom stereocenters. The molecule has 2 rings (SSSR count). The molecule has 0 aliphatic carbocycles. The number of nitro benzene ring substituents is 1. The Morgan fingerprint density at radius 3 is 2.52 bits per heavy atom. The number of hydrogen-bond donors (Lipinski definition) is 0. The average molecular weight is 365 g/mol. The lowest BCUT2D eigenvalue weighted by atomic mass is 10.0. The Bertz CT molecular complexity index is 661. The second-order valence-electron chi connectivity index (χ2n) is 7.46. The van der Waals surface area contributed by atoms with Crippen LogP contribution in [0.5, 0.6) is 0 Å². The van der Waals surface area contributed by atoms with E-state index in [9.17, 15) is 14.7 Å². The van der Waals surface area contributed by atoms with Crippen molar-refractivity contribution in [3.8, 4) is 0 Å². The molecule has 1 aromatic carbocycles. The Balaban J connectivity index is 2.36. The Morgan fingerprint density at radius 1 is 1.32 bits per heavy atom. The second-order valence-corrected chi connectivity index (χ2v) is 8.85. The third kappa shape index (κ3) is 4.95. The summed E-state index contributed by atoms with van der Waals surface area (Å²) < 4.78 is 12.7. The highest BCUT2D eigenvalue weighted by Gasteiger charge is 2.41. The van der Waals surface area contributed by atoms with Crippen molar-refractivity contribution in [2.75, 3.05) is 12.3 Å². The summed E-state index contributed by atoms with van der Waals surface area (Å²) in [6.45, 7) is 11.2. The van der Waals surface area contributed by atoms with Crippen molar-refractivity contribution in [3.05, 3.63) is 33.9 Å². The van der Waals surface area contributed by atoms with Gasteiger partial charge in [0.2, 0.25) is 0 Å². The van der Waals surface area contributed by atoms with Crippen LogP contribution in [-0.2, 0) is 11.2 Å². The molecule has 1 fully saturated rings. The minimum Gasteiger partial charge on any atom is -0.609 e. The molecule has 1 saturated heterocycles. The van der Waals surface area contributed by atoms with E-state index >= 15 is 0 Å². The van der Waals surface area contributed by atoms with Crippen LogP contribution in [0.25, 0.3) is 0 Å². The van der Waals surface area contributed by atoms with Gasteiger partial charge in [-0.3, -0.25) is 10.1 Å². The summed E-state index contributed by atoms with van der Waals surface area (Å²) in [4.78, 5) is 17.3. The summed E-state index contributed by atoms with van der Waals surface area (Å²) in [5, 5.41) is 11.5. The third-order valence-electron chi connectivity index (χ3n) is 4.15. The fourth-order valence-electron chi connectivity index (χ4n) is 3.08. The second kappa shape index (κ2) is 8.19. The number of amidine groups is 1. The average Bonchev–Trinajstić information content (AvgIpc) is 2.76. The van der Waals surface area contributed by atoms with E-state index in [-0.39, 0.29) is 11.7 Å². The lowest BCUT2D eigenvalue weighted by Gasteiger charge is -2.25. The molecule has 0 saturated carbocycles. The van der Waals surface area contributed by atoms with E-state index in [2.05, 4.69) is 37.6 Å². The minimum absolute atomic E-state index is 0.0470. The Hall–Kier alpha value is -1.60. The van der Waals surface area contributed by atoms with E-state index in [1.54, 1.807) is 13.0 Å². The molecule has 0 aromatic heterocycles. The van der Waals surface area contributed by atoms with Crippen molar-refractivity contribution >= 4 is 27.7 Å². The summed E-state index contributed by atoms with van der Waals surface area (Å²) >= 11 is -1.13. The summed E-state index contributed by atoms with van der Waals surface area (Å²) in [7, 11) is 0. The fraction of sp³-hybridized carbons (Fsp3) is 0.611. The number of nitro groups is 1. The molecular formula is C18H27N3O3S. The van der Waals surface area contributed by atoms with Crippen LogP contribution in [0.2, 0.25) is 0 Å². The molecule has 6 nitrogen and oxygen atoms in total. The Morgan fingerprint density at radius 2 is 2.00 bits per heavy atom. The van der Waals surface area contributed by atoms with Gasteiger partial charge in [0.05, 0.1) is 16.7 Å². The number of rotatable bonds is 6. The van der Waals surface area contributed by atoms with E-state index in [1.165, 1.54) is 12.1 Å². The molecular weight excluding hydrogens is 338 g/mol. The van der Waals surface area contributed by atoms with Crippen molar-refractivity contribution in [2.24, 2.45) is 16.8 Å². The SMILES string of the molecule is Cc1cc([N+](=O)[O-])ccc1N=C1N(CC(C)C)[C@@H](CC(C)C)C[S+]1[O-]. The predicted molar refractivity (Wildman–Crippen MR) is 103 cm³/mol. The highest BCUT2D eigenvalue weighted by Crippen LogP contribution is 2.30. The van der Waals surface area contributed by atoms with Gasteiger partial charge in [-0.25, -0.2) is 0 Å². The first-order chi connectivity index (χ1) is 11.7. The van der Waals surface area contributed by atoms with Crippen molar-refractivity contribution in [1.29, 1.82) is 0 Å². The maximum absolute atomic E-state index is 12.7. The van der Waals surface area contributed by atoms with Gasteiger partial charge in [-0.2, -0.15) is 4.99 Å². The van der Waals surface area contributed by atoms with Crippen LogP contribution in [0.3, 0.4) is 0 Å². The summed E-state index contributed by atoms with van der Waals surface area (Å²) in [5.41, 5.74) is 1.41. The van der Waals surface area contributed by atoms with Gasteiger partial charge in [0.1, 0.15) is 5.75 Å². The molecule has 0 amide bonds. The molecule has 1 heterocycles. The number of benzene rings is 1. The molecule has 1 aliphatic rings. The number of hydrogen-bond acceptors (Lipinski definition) is 4. The van der Waals surface area contributed by atoms with Crippen molar-refractivity contribution in [1.82, 2.24) is 4.90 Å². The van der Waals surface area contributed by atoms with Crippen molar-refractivity contribution < 1.29 is 9.48 Å². The quantitative estimate of drug-likeness (QED) is 0.433. The van der Waals surface area contributed by atoms with Gasteiger partial charge in [0.25, 0.3) is 5.69 Å². The van der Waals surface area contributed by atoms with Gasteiger partial charge in [-0.05, 0) is 36.8 Å². The van der Waals surface area contributed by atoms with E-state index in [1.807, 2.05) is 0 Å². The summed E-state index contributed by atoms with van der Waals surface area (Å²) in [5.74, 6) is 1.57. The van der Waals surface area contributed by atoms with Crippen LogP contribution in [0.1, 0.15) is 39.7 Å². The first-order valence-electron chi connectivity index (χ1n) is 8.67. The zero-order valence-electron chi connectivity index (χ0n) is 15.6. The number of nitrogens with zero attached hydrogens (tertiary/aromatic N) is 3. The van der Waals surface area contributed by atoms with Crippen LogP contribution < -0.4 is 0 Å². The fourth-order valence-corrected chi connectivity index (χ4v) is 4.58. The number of aryl methyl sites for hydroxylation is 1. The van der Waals surface area contributed by atoms with Gasteiger partial charge >= 0.3 is 5.17 Å². The van der Waals surface area contributed by atoms with E-state index in [0.29, 0.717) is 28.4 Å². The van der Waals surface area contributed by atoms with Gasteiger partial charge in [0.15, 0.2) is 0 Å². The topological polar surface area (TPSA) is 81.8 Å². The molecule has 0 N–H and O–H groups in total. The van der Waals surface area contributed by atoms with Crippen LogP contribution >= 0.6 is 0 Å². The minimum atomic E-state index is -1.13. The molecule has 1 aliphatic heterocycles. The molecule has 0 bridgehead atoms. The lowest BCUT2D eigenvalue weighted by Crippen LogP contribution is -2.38. The molecule has 25 heavy (non-hydrogen) atoms. The van der Waals surface area contributed by atoms with Crippen LogP contribution in [0.15, 0.2) is 23.2 Å². The lowest BCUT2D eigenvalue weighted by molar-refractivity contribution is -0.384. The monoisotopic (exact) mass is 365 g/mol. The number of non-ortho nitro benzene ring substituents is 1. The zero-order chi connectivity index (χ0) is 18.7. The van der Waals surface area contributed by atoms with E-state index in [0.717, 1.165) is 18.5 Å². The van der Waals surface area contributed by atoms with Gasteiger partial charge in [-0.1, -0.05) is 27.7 Å². The highest BCUT2D eigenvalue weighted by atomic mass is 32.2. The highest BCUT2D eigenvalue weighted by molar-refractivity contribution is 8.06. The summed E-state index contributed by atoms with van der Waals surface area (Å²) in [6, 6.07) is 4.83. The van der Waals surface area contributed by atoms with Crippen molar-refractivity contribution in [2.45, 2.75) is 47.1 Å². The van der Waals surface area contributed by atoms with Crippen LogP contribution in [-0.4, -0.2) is 37.9 Å². The smallest absolute Gasteiger partial charge is 0.320 e. The third-order valence-corrected chi connectivity index (χ3v) is 5.57. The van der Waals surface area contributed by atoms with E-state index in [4.69, 9.17) is 0 Å². The molecule has 1 aromatic rings. The largest absolute Gasteiger partial charge is 0.609 e. The first-order valence-corrected chi connectivity index (χ1v) is 9.99. The normalized spacial score (nSPS) is 22.4. The molecule has 138 valence electrons. The zero-order valence-corrected chi connectivity index (χ0v) is 16.4. The van der Waals surface area contributed by atoms with Gasteiger partial charge in [-0.15, -0.1) is 0 Å². The predicted octanol–water partition coefficient (Wildman–Crippen LogP) is 4.03. The number of aliphatic imine (C=N–C) groups is 1. The summed E-state index contributed by atoms with van der Waals surface area (Å²) in [6.07, 6.45) is 0.983. The van der Waals surface area contributed by atoms with E-state index < -0.39 is 16.1 Å². The molecule has 1 unspecified atom stereocenters. The molecule has 0 spiro atoms. The van der Waals surface area contributed by atoms with Gasteiger partial charge in [0, 0.05) is 29.9 Å². The molecule has 0 radical (unpaired) electrons. The Labute approximate surface area is 152 Å². The van der Waals surface area contributed by atoms with Crippen LogP contribution in [0, 0.1) is 28.9 Å².